The Balaban J connectivity index is 1.58. The Bertz CT molecular complexity index is 856. The molecule has 33 heavy (non-hydrogen) atoms. The molecule has 0 bridgehead atoms. The second-order valence-electron chi connectivity index (χ2n) is 8.05. The van der Waals surface area contributed by atoms with Gasteiger partial charge in [-0.25, -0.2) is 0 Å². The SMILES string of the molecule is CCOc1ccccc1OCC(=O)NNC(=O)C(CCSC)N1C(=O)C2CCCCC2C1=O. The molecule has 4 amide bonds. The first kappa shape index (κ1) is 24.9. The molecular weight excluding hydrogens is 446 g/mol. The molecule has 0 spiro atoms. The molecule has 1 aliphatic heterocycles. The van der Waals surface area contributed by atoms with E-state index in [4.69, 9.17) is 9.47 Å². The van der Waals surface area contributed by atoms with Crippen LogP contribution in [0.2, 0.25) is 0 Å². The second-order valence-corrected chi connectivity index (χ2v) is 9.03. The van der Waals surface area contributed by atoms with Crippen molar-refractivity contribution in [2.75, 3.05) is 25.2 Å². The van der Waals surface area contributed by atoms with E-state index >= 15 is 0 Å². The monoisotopic (exact) mass is 477 g/mol. The summed E-state index contributed by atoms with van der Waals surface area (Å²) in [5.74, 6) is -0.848. The Morgan fingerprint density at radius 1 is 1.06 bits per heavy atom. The summed E-state index contributed by atoms with van der Waals surface area (Å²) >= 11 is 1.52. The van der Waals surface area contributed by atoms with Crippen LogP contribution in [-0.2, 0) is 19.2 Å². The first-order valence-corrected chi connectivity index (χ1v) is 12.7. The van der Waals surface area contributed by atoms with Crippen LogP contribution >= 0.6 is 11.8 Å². The Morgan fingerprint density at radius 3 is 2.24 bits per heavy atom. The number of imide groups is 1. The molecule has 3 unspecified atom stereocenters. The lowest BCUT2D eigenvalue weighted by Crippen LogP contribution is -2.55. The van der Waals surface area contributed by atoms with E-state index in [0.29, 0.717) is 43.1 Å². The quantitative estimate of drug-likeness (QED) is 0.391. The minimum absolute atomic E-state index is 0.270. The molecule has 1 aromatic rings. The summed E-state index contributed by atoms with van der Waals surface area (Å²) in [6, 6.07) is 6.01. The highest BCUT2D eigenvalue weighted by atomic mass is 32.2. The van der Waals surface area contributed by atoms with Crippen molar-refractivity contribution in [1.82, 2.24) is 15.8 Å². The summed E-state index contributed by atoms with van der Waals surface area (Å²) in [5.41, 5.74) is 4.68. The molecule has 3 rings (SSSR count). The number of carbonyl (C=O) groups excluding carboxylic acids is 4. The van der Waals surface area contributed by atoms with Crippen LogP contribution in [0.4, 0.5) is 0 Å². The number of nitrogens with one attached hydrogen (secondary N) is 2. The van der Waals surface area contributed by atoms with E-state index in [1.807, 2.05) is 13.2 Å². The van der Waals surface area contributed by atoms with Crippen LogP contribution in [-0.4, -0.2) is 59.8 Å². The molecule has 2 N–H and O–H groups in total. The summed E-state index contributed by atoms with van der Waals surface area (Å²) in [4.78, 5) is 52.2. The van der Waals surface area contributed by atoms with E-state index in [0.717, 1.165) is 17.7 Å². The van der Waals surface area contributed by atoms with E-state index < -0.39 is 17.9 Å². The Hall–Kier alpha value is -2.75. The number of thioether (sulfide) groups is 1. The van der Waals surface area contributed by atoms with Gasteiger partial charge in [0.1, 0.15) is 6.04 Å². The second kappa shape index (κ2) is 11.9. The maximum atomic E-state index is 12.9. The normalized spacial score (nSPS) is 20.7. The predicted molar refractivity (Wildman–Crippen MR) is 123 cm³/mol. The van der Waals surface area contributed by atoms with Gasteiger partial charge in [-0.3, -0.25) is 34.9 Å². The maximum absolute atomic E-state index is 12.9. The van der Waals surface area contributed by atoms with Crippen molar-refractivity contribution in [3.05, 3.63) is 24.3 Å². The zero-order chi connectivity index (χ0) is 23.8. The third-order valence-corrected chi connectivity index (χ3v) is 6.56. The van der Waals surface area contributed by atoms with E-state index in [2.05, 4.69) is 10.9 Å². The molecular formula is C23H31N3O6S. The summed E-state index contributed by atoms with van der Waals surface area (Å²) in [5, 5.41) is 0. The molecule has 0 radical (unpaired) electrons. The number of benzene rings is 1. The van der Waals surface area contributed by atoms with Crippen molar-refractivity contribution in [2.45, 2.75) is 45.1 Å². The van der Waals surface area contributed by atoms with Crippen LogP contribution in [0.1, 0.15) is 39.0 Å². The molecule has 0 aromatic heterocycles. The van der Waals surface area contributed by atoms with Gasteiger partial charge in [0.15, 0.2) is 18.1 Å². The van der Waals surface area contributed by atoms with Gasteiger partial charge in [0.05, 0.1) is 18.4 Å². The van der Waals surface area contributed by atoms with Gasteiger partial charge in [0.2, 0.25) is 11.8 Å². The fourth-order valence-electron chi connectivity index (χ4n) is 4.34. The molecule has 1 aliphatic carbocycles. The molecule has 180 valence electrons. The number of fused-ring (bicyclic) bond motifs is 1. The van der Waals surface area contributed by atoms with E-state index in [9.17, 15) is 19.2 Å². The van der Waals surface area contributed by atoms with Crippen LogP contribution in [0.25, 0.3) is 0 Å². The number of para-hydroxylation sites is 2. The molecule has 1 aromatic carbocycles. The fraction of sp³-hybridized carbons (Fsp3) is 0.565. The minimum Gasteiger partial charge on any atom is -0.490 e. The summed E-state index contributed by atoms with van der Waals surface area (Å²) in [6.45, 7) is 1.96. The number of amides is 4. The van der Waals surface area contributed by atoms with Crippen molar-refractivity contribution in [1.29, 1.82) is 0 Å². The lowest BCUT2D eigenvalue weighted by Gasteiger charge is -2.25. The average molecular weight is 478 g/mol. The van der Waals surface area contributed by atoms with Crippen molar-refractivity contribution in [3.63, 3.8) is 0 Å². The van der Waals surface area contributed by atoms with Crippen molar-refractivity contribution >= 4 is 35.4 Å². The van der Waals surface area contributed by atoms with Crippen molar-refractivity contribution in [3.8, 4) is 11.5 Å². The Labute approximate surface area is 197 Å². The van der Waals surface area contributed by atoms with Crippen LogP contribution in [0, 0.1) is 11.8 Å². The van der Waals surface area contributed by atoms with Gasteiger partial charge in [0, 0.05) is 0 Å². The van der Waals surface area contributed by atoms with Gasteiger partial charge in [-0.05, 0) is 50.3 Å². The molecule has 9 nitrogen and oxygen atoms in total. The van der Waals surface area contributed by atoms with Gasteiger partial charge in [-0.1, -0.05) is 25.0 Å². The number of carbonyl (C=O) groups is 4. The number of likely N-dealkylation sites (tertiary alicyclic amines) is 1. The first-order chi connectivity index (χ1) is 16.0. The zero-order valence-electron chi connectivity index (χ0n) is 19.0. The van der Waals surface area contributed by atoms with Crippen LogP contribution in [0.3, 0.4) is 0 Å². The molecule has 1 saturated heterocycles. The van der Waals surface area contributed by atoms with Crippen LogP contribution in [0.5, 0.6) is 11.5 Å². The fourth-order valence-corrected chi connectivity index (χ4v) is 4.80. The standard InChI is InChI=1S/C23H31N3O6S/c1-3-31-18-10-6-7-11-19(18)32-14-20(27)24-25-21(28)17(12-13-33-2)26-22(29)15-8-4-5-9-16(15)23(26)30/h6-7,10-11,15-17H,3-5,8-9,12-14H2,1-2H3,(H,24,27)(H,25,28). The molecule has 10 heteroatoms. The van der Waals surface area contributed by atoms with Crippen molar-refractivity contribution < 1.29 is 28.7 Å². The Kier molecular flexibility index (Phi) is 8.99. The topological polar surface area (TPSA) is 114 Å². The highest BCUT2D eigenvalue weighted by Gasteiger charge is 2.51. The van der Waals surface area contributed by atoms with Crippen LogP contribution < -0.4 is 20.3 Å². The number of nitrogens with zero attached hydrogens (tertiary/aromatic N) is 1. The first-order valence-electron chi connectivity index (χ1n) is 11.3. The van der Waals surface area contributed by atoms with Gasteiger partial charge >= 0.3 is 0 Å². The predicted octanol–water partition coefficient (Wildman–Crippen LogP) is 1.91. The molecule has 2 aliphatic rings. The highest BCUT2D eigenvalue weighted by molar-refractivity contribution is 7.98. The molecule has 3 atom stereocenters. The summed E-state index contributed by atoms with van der Waals surface area (Å²) < 4.78 is 11.0. The maximum Gasteiger partial charge on any atom is 0.276 e. The number of hydrazine groups is 1. The number of ether oxygens (including phenoxy) is 2. The molecule has 1 saturated carbocycles. The summed E-state index contributed by atoms with van der Waals surface area (Å²) in [6.07, 6.45) is 5.40. The van der Waals surface area contributed by atoms with E-state index in [1.165, 1.54) is 11.8 Å². The zero-order valence-corrected chi connectivity index (χ0v) is 19.8. The van der Waals surface area contributed by atoms with Gasteiger partial charge in [-0.15, -0.1) is 0 Å². The largest absolute Gasteiger partial charge is 0.490 e. The van der Waals surface area contributed by atoms with Gasteiger partial charge in [-0.2, -0.15) is 11.8 Å². The smallest absolute Gasteiger partial charge is 0.276 e. The minimum atomic E-state index is -0.956. The van der Waals surface area contributed by atoms with E-state index in [-0.39, 0.29) is 30.3 Å². The summed E-state index contributed by atoms with van der Waals surface area (Å²) in [7, 11) is 0. The lowest BCUT2D eigenvalue weighted by molar-refractivity contribution is -0.148. The lowest BCUT2D eigenvalue weighted by atomic mass is 9.81. The Morgan fingerprint density at radius 2 is 1.67 bits per heavy atom. The van der Waals surface area contributed by atoms with Crippen molar-refractivity contribution in [2.24, 2.45) is 11.8 Å². The average Bonchev–Trinajstić information content (AvgIpc) is 3.08. The molecule has 2 fully saturated rings. The highest BCUT2D eigenvalue weighted by Crippen LogP contribution is 2.39. The third-order valence-electron chi connectivity index (χ3n) is 5.92. The number of hydrogen-bond acceptors (Lipinski definition) is 7. The van der Waals surface area contributed by atoms with E-state index in [1.54, 1.807) is 24.3 Å². The van der Waals surface area contributed by atoms with Gasteiger partial charge in [0.25, 0.3) is 11.8 Å². The van der Waals surface area contributed by atoms with Gasteiger partial charge < -0.3 is 9.47 Å². The third kappa shape index (κ3) is 5.98. The molecule has 1 heterocycles. The number of hydrogen-bond donors (Lipinski definition) is 2. The number of rotatable bonds is 10. The van der Waals surface area contributed by atoms with Crippen LogP contribution in [0.15, 0.2) is 24.3 Å².